The van der Waals surface area contributed by atoms with Gasteiger partial charge in [-0.1, -0.05) is 5.16 Å². The number of nitrogens with zero attached hydrogens (tertiary/aromatic N) is 5. The van der Waals surface area contributed by atoms with E-state index in [1.54, 1.807) is 23.2 Å². The van der Waals surface area contributed by atoms with E-state index >= 15 is 0 Å². The Morgan fingerprint density at radius 1 is 1.21 bits per heavy atom. The summed E-state index contributed by atoms with van der Waals surface area (Å²) in [4.78, 5) is 36.4. The van der Waals surface area contributed by atoms with Gasteiger partial charge < -0.3 is 14.0 Å². The number of carbonyl (C=O) groups is 1. The van der Waals surface area contributed by atoms with Crippen molar-refractivity contribution in [3.63, 3.8) is 0 Å². The molecule has 28 heavy (non-hydrogen) atoms. The summed E-state index contributed by atoms with van der Waals surface area (Å²) in [7, 11) is 0. The van der Waals surface area contributed by atoms with E-state index in [2.05, 4.69) is 15.1 Å². The normalized spacial score (nSPS) is 17.1. The van der Waals surface area contributed by atoms with Crippen LogP contribution in [0.5, 0.6) is 0 Å². The third-order valence-corrected chi connectivity index (χ3v) is 5.55. The highest BCUT2D eigenvalue weighted by Gasteiger charge is 2.38. The minimum absolute atomic E-state index is 0.0436. The lowest BCUT2D eigenvalue weighted by atomic mass is 9.98. The number of hydrogen-bond donors (Lipinski definition) is 0. The molecule has 0 aromatic carbocycles. The molecule has 1 saturated heterocycles. The van der Waals surface area contributed by atoms with Gasteiger partial charge in [-0.3, -0.25) is 9.59 Å². The number of rotatable bonds is 4. The van der Waals surface area contributed by atoms with Crippen molar-refractivity contribution < 1.29 is 9.32 Å². The van der Waals surface area contributed by atoms with E-state index in [0.29, 0.717) is 42.5 Å². The molecular weight excluding hydrogens is 358 g/mol. The quantitative estimate of drug-likeness (QED) is 0.690. The van der Waals surface area contributed by atoms with E-state index in [4.69, 9.17) is 4.52 Å². The van der Waals surface area contributed by atoms with Crippen LogP contribution in [0.4, 0.5) is 0 Å². The molecule has 2 fully saturated rings. The molecule has 0 unspecified atom stereocenters. The first kappa shape index (κ1) is 17.1. The first-order chi connectivity index (χ1) is 13.5. The van der Waals surface area contributed by atoms with Gasteiger partial charge in [-0.2, -0.15) is 4.98 Å². The summed E-state index contributed by atoms with van der Waals surface area (Å²) >= 11 is 0. The first-order valence-electron chi connectivity index (χ1n) is 9.68. The Balaban J connectivity index is 1.39. The van der Waals surface area contributed by atoms with Gasteiger partial charge in [0.05, 0.1) is 11.3 Å². The molecule has 8 nitrogen and oxygen atoms in total. The van der Waals surface area contributed by atoms with Gasteiger partial charge in [-0.05, 0) is 38.8 Å². The minimum Gasteiger partial charge on any atom is -0.339 e. The van der Waals surface area contributed by atoms with Crippen molar-refractivity contribution in [1.29, 1.82) is 0 Å². The monoisotopic (exact) mass is 379 g/mol. The lowest BCUT2D eigenvalue weighted by molar-refractivity contribution is 0.0567. The zero-order chi connectivity index (χ0) is 19.4. The Morgan fingerprint density at radius 3 is 2.71 bits per heavy atom. The Morgan fingerprint density at radius 2 is 2.00 bits per heavy atom. The molecule has 5 rings (SSSR count). The van der Waals surface area contributed by atoms with Gasteiger partial charge in [0.1, 0.15) is 11.2 Å². The fourth-order valence-electron chi connectivity index (χ4n) is 3.64. The van der Waals surface area contributed by atoms with Crippen molar-refractivity contribution in [1.82, 2.24) is 24.6 Å². The van der Waals surface area contributed by atoms with Gasteiger partial charge in [0.15, 0.2) is 5.82 Å². The summed E-state index contributed by atoms with van der Waals surface area (Å²) in [5.41, 5.74) is 1.37. The van der Waals surface area contributed by atoms with Gasteiger partial charge in [-0.25, -0.2) is 4.98 Å². The van der Waals surface area contributed by atoms with E-state index in [9.17, 15) is 9.59 Å². The van der Waals surface area contributed by atoms with Crippen LogP contribution in [0, 0.1) is 6.92 Å². The average Bonchev–Trinajstić information content (AvgIpc) is 3.39. The highest BCUT2D eigenvalue weighted by atomic mass is 16.5. The van der Waals surface area contributed by atoms with E-state index in [1.165, 1.54) is 0 Å². The number of fused-ring (bicyclic) bond motifs is 1. The summed E-state index contributed by atoms with van der Waals surface area (Å²) in [6, 6.07) is 3.55. The van der Waals surface area contributed by atoms with Crippen LogP contribution in [0.1, 0.15) is 59.4 Å². The second-order valence-electron chi connectivity index (χ2n) is 7.65. The van der Waals surface area contributed by atoms with Gasteiger partial charge in [0.2, 0.25) is 11.3 Å². The topological polar surface area (TPSA) is 94.1 Å². The second-order valence-corrected chi connectivity index (χ2v) is 7.65. The Kier molecular flexibility index (Phi) is 3.82. The molecule has 0 radical (unpaired) electrons. The molecule has 8 heteroatoms. The highest BCUT2D eigenvalue weighted by Crippen LogP contribution is 2.39. The SMILES string of the molecule is CCn1cc(C(=O)N2CC(c3nc(C4CC4)no3)C2)c(=O)c2ccc(C)nc21. The van der Waals surface area contributed by atoms with Crippen LogP contribution in [-0.2, 0) is 6.54 Å². The van der Waals surface area contributed by atoms with Gasteiger partial charge in [0, 0.05) is 37.4 Å². The number of carbonyl (C=O) groups excluding carboxylic acids is 1. The molecule has 1 aliphatic carbocycles. The standard InChI is InChI=1S/C20H21N5O3/c1-3-24-10-15(16(26)14-7-4-11(2)21-18(14)24)20(27)25-8-13(9-25)19-22-17(23-28-19)12-5-6-12/h4,7,10,12-13H,3,5-6,8-9H2,1-2H3. The predicted molar refractivity (Wildman–Crippen MR) is 101 cm³/mol. The molecule has 0 spiro atoms. The lowest BCUT2D eigenvalue weighted by Crippen LogP contribution is -2.49. The van der Waals surface area contributed by atoms with Crippen LogP contribution >= 0.6 is 0 Å². The minimum atomic E-state index is -0.269. The van der Waals surface area contributed by atoms with Crippen LogP contribution in [0.15, 0.2) is 27.6 Å². The molecule has 0 N–H and O–H groups in total. The third-order valence-electron chi connectivity index (χ3n) is 5.55. The average molecular weight is 379 g/mol. The molecule has 0 bridgehead atoms. The summed E-state index contributed by atoms with van der Waals surface area (Å²) in [5.74, 6) is 1.60. The maximum absolute atomic E-state index is 13.0. The zero-order valence-electron chi connectivity index (χ0n) is 15.9. The number of hydrogen-bond acceptors (Lipinski definition) is 6. The zero-order valence-corrected chi connectivity index (χ0v) is 15.9. The Bertz CT molecular complexity index is 1140. The van der Waals surface area contributed by atoms with Crippen LogP contribution in [0.25, 0.3) is 11.0 Å². The summed E-state index contributed by atoms with van der Waals surface area (Å²) in [6.07, 6.45) is 3.87. The molecule has 144 valence electrons. The smallest absolute Gasteiger partial charge is 0.259 e. The van der Waals surface area contributed by atoms with Crippen molar-refractivity contribution in [2.75, 3.05) is 13.1 Å². The molecule has 4 heterocycles. The largest absolute Gasteiger partial charge is 0.339 e. The van der Waals surface area contributed by atoms with E-state index in [-0.39, 0.29) is 22.8 Å². The second kappa shape index (κ2) is 6.25. The molecule has 3 aromatic rings. The lowest BCUT2D eigenvalue weighted by Gasteiger charge is -2.37. The molecule has 3 aromatic heterocycles. The summed E-state index contributed by atoms with van der Waals surface area (Å²) in [5, 5.41) is 4.51. The van der Waals surface area contributed by atoms with Crippen molar-refractivity contribution in [3.8, 4) is 0 Å². The number of aryl methyl sites for hydroxylation is 2. The summed E-state index contributed by atoms with van der Waals surface area (Å²) < 4.78 is 7.21. The van der Waals surface area contributed by atoms with Crippen molar-refractivity contribution >= 4 is 16.9 Å². The molecule has 1 aliphatic heterocycles. The van der Waals surface area contributed by atoms with E-state index in [0.717, 1.165) is 24.4 Å². The van der Waals surface area contributed by atoms with Gasteiger partial charge in [0.25, 0.3) is 5.91 Å². The number of likely N-dealkylation sites (tertiary alicyclic amines) is 1. The number of amides is 1. The predicted octanol–water partition coefficient (Wildman–Crippen LogP) is 2.22. The highest BCUT2D eigenvalue weighted by molar-refractivity contribution is 5.97. The molecule has 1 amide bonds. The molecular formula is C20H21N5O3. The fourth-order valence-corrected chi connectivity index (χ4v) is 3.64. The van der Waals surface area contributed by atoms with Crippen molar-refractivity contribution in [2.45, 2.75) is 45.1 Å². The van der Waals surface area contributed by atoms with Crippen LogP contribution in [0.2, 0.25) is 0 Å². The molecule has 1 saturated carbocycles. The Labute approximate surface area is 161 Å². The number of aromatic nitrogens is 4. The first-order valence-corrected chi connectivity index (χ1v) is 9.68. The Hall–Kier alpha value is -3.03. The fraction of sp³-hybridized carbons (Fsp3) is 0.450. The molecule has 2 aliphatic rings. The molecule has 0 atom stereocenters. The van der Waals surface area contributed by atoms with E-state index in [1.807, 2.05) is 18.4 Å². The van der Waals surface area contributed by atoms with Crippen LogP contribution in [-0.4, -0.2) is 43.6 Å². The van der Waals surface area contributed by atoms with Crippen LogP contribution in [0.3, 0.4) is 0 Å². The van der Waals surface area contributed by atoms with Crippen molar-refractivity contribution in [2.24, 2.45) is 0 Å². The van der Waals surface area contributed by atoms with Gasteiger partial charge >= 0.3 is 0 Å². The maximum Gasteiger partial charge on any atom is 0.259 e. The van der Waals surface area contributed by atoms with Crippen molar-refractivity contribution in [3.05, 3.63) is 51.5 Å². The third kappa shape index (κ3) is 2.71. The van der Waals surface area contributed by atoms with Crippen LogP contribution < -0.4 is 5.43 Å². The maximum atomic E-state index is 13.0. The van der Waals surface area contributed by atoms with E-state index < -0.39 is 0 Å². The van der Waals surface area contributed by atoms with Gasteiger partial charge in [-0.15, -0.1) is 0 Å². The summed E-state index contributed by atoms with van der Waals surface area (Å²) in [6.45, 7) is 5.45. The number of pyridine rings is 2.